The van der Waals surface area contributed by atoms with Gasteiger partial charge in [0.2, 0.25) is 0 Å². The third-order valence-electron chi connectivity index (χ3n) is 2.24. The molecule has 0 radical (unpaired) electrons. The van der Waals surface area contributed by atoms with Gasteiger partial charge >= 0.3 is 12.1 Å². The first kappa shape index (κ1) is 16.0. The second-order valence-electron chi connectivity index (χ2n) is 5.05. The summed E-state index contributed by atoms with van der Waals surface area (Å²) < 4.78 is 4.99. The number of ether oxygens (including phenoxy) is 1. The van der Waals surface area contributed by atoms with Crippen LogP contribution in [0.4, 0.5) is 4.79 Å². The zero-order chi connectivity index (χ0) is 14.6. The van der Waals surface area contributed by atoms with E-state index in [9.17, 15) is 9.59 Å². The van der Waals surface area contributed by atoms with Crippen LogP contribution in [0.5, 0.6) is 0 Å². The predicted octanol–water partition coefficient (Wildman–Crippen LogP) is 1.79. The minimum Gasteiger partial charge on any atom is -0.480 e. The predicted molar refractivity (Wildman–Crippen MR) is 67.9 cm³/mol. The highest BCUT2D eigenvalue weighted by atomic mass is 16.6. The number of carbonyl (C=O) groups is 2. The summed E-state index contributed by atoms with van der Waals surface area (Å²) in [6, 6.07) is -1.30. The molecule has 1 amide bonds. The quantitative estimate of drug-likeness (QED) is 0.591. The molecule has 5 nitrogen and oxygen atoms in total. The van der Waals surface area contributed by atoms with Gasteiger partial charge in [-0.15, -0.1) is 13.0 Å². The number of rotatable bonds is 4. The number of carboxylic acids is 1. The Morgan fingerprint density at radius 2 is 1.94 bits per heavy atom. The van der Waals surface area contributed by atoms with Crippen molar-refractivity contribution in [3.63, 3.8) is 0 Å². The third-order valence-corrected chi connectivity index (χ3v) is 2.24. The van der Waals surface area contributed by atoms with E-state index in [0.717, 1.165) is 0 Å². The molecule has 5 heteroatoms. The average Bonchev–Trinajstić information content (AvgIpc) is 2.22. The number of amides is 1. The van der Waals surface area contributed by atoms with Crippen molar-refractivity contribution in [1.29, 1.82) is 0 Å². The van der Waals surface area contributed by atoms with Crippen molar-refractivity contribution in [2.75, 3.05) is 0 Å². The second kappa shape index (κ2) is 5.58. The van der Waals surface area contributed by atoms with Crippen LogP contribution in [0.15, 0.2) is 12.7 Å². The van der Waals surface area contributed by atoms with Crippen molar-refractivity contribution >= 4 is 12.1 Å². The summed E-state index contributed by atoms with van der Waals surface area (Å²) in [5.41, 5.74) is -1.91. The normalized spacial score (nSPS) is 15.7. The number of terminal acetylenes is 1. The summed E-state index contributed by atoms with van der Waals surface area (Å²) in [4.78, 5) is 22.7. The molecule has 0 heterocycles. The Balaban J connectivity index is 4.98. The Morgan fingerprint density at radius 1 is 1.44 bits per heavy atom. The topological polar surface area (TPSA) is 75.6 Å². The molecule has 0 aromatic rings. The maximum atomic E-state index is 11.6. The summed E-state index contributed by atoms with van der Waals surface area (Å²) in [6.45, 7) is 10.0. The van der Waals surface area contributed by atoms with Crippen molar-refractivity contribution in [2.24, 2.45) is 5.41 Å². The van der Waals surface area contributed by atoms with E-state index in [1.807, 2.05) is 0 Å². The van der Waals surface area contributed by atoms with Crippen LogP contribution in [0.2, 0.25) is 0 Å². The molecular weight excluding hydrogens is 234 g/mol. The highest BCUT2D eigenvalue weighted by molar-refractivity contribution is 5.82. The summed E-state index contributed by atoms with van der Waals surface area (Å²) in [5, 5.41) is 11.3. The molecular formula is C13H19NO4. The summed E-state index contributed by atoms with van der Waals surface area (Å²) in [7, 11) is 0. The molecule has 0 saturated carbocycles. The van der Waals surface area contributed by atoms with Crippen LogP contribution in [-0.4, -0.2) is 28.8 Å². The lowest BCUT2D eigenvalue weighted by atomic mass is 9.83. The van der Waals surface area contributed by atoms with E-state index in [0.29, 0.717) is 0 Å². The molecule has 0 fully saturated rings. The Morgan fingerprint density at radius 3 is 2.22 bits per heavy atom. The number of aliphatic carboxylic acids is 1. The first-order chi connectivity index (χ1) is 8.05. The van der Waals surface area contributed by atoms with Gasteiger partial charge in [0.1, 0.15) is 11.6 Å². The van der Waals surface area contributed by atoms with Crippen LogP contribution >= 0.6 is 0 Å². The van der Waals surface area contributed by atoms with Crippen molar-refractivity contribution in [2.45, 2.75) is 39.3 Å². The molecule has 0 unspecified atom stereocenters. The molecule has 0 aliphatic heterocycles. The lowest BCUT2D eigenvalue weighted by Gasteiger charge is -2.29. The fraction of sp³-hybridized carbons (Fsp3) is 0.538. The standard InChI is InChI=1S/C13H19NO4/c1-7-13(6,8-2)9(10(15)16)14-11(17)18-12(3,4)5/h1,8-9H,2H2,3-6H3,(H,14,17)(H,15,16)/t9-,13+/m1/s1. The lowest BCUT2D eigenvalue weighted by molar-refractivity contribution is -0.141. The zero-order valence-electron chi connectivity index (χ0n) is 11.1. The fourth-order valence-corrected chi connectivity index (χ4v) is 1.15. The highest BCUT2D eigenvalue weighted by Crippen LogP contribution is 2.22. The zero-order valence-corrected chi connectivity index (χ0v) is 11.1. The van der Waals surface area contributed by atoms with E-state index in [-0.39, 0.29) is 0 Å². The molecule has 0 rings (SSSR count). The van der Waals surface area contributed by atoms with E-state index < -0.39 is 29.1 Å². The number of alkyl carbamates (subject to hydrolysis) is 1. The first-order valence-electron chi connectivity index (χ1n) is 5.39. The number of hydrogen-bond donors (Lipinski definition) is 2. The van der Waals surface area contributed by atoms with Gasteiger partial charge in [0.05, 0.1) is 5.41 Å². The Bertz CT molecular complexity index is 389. The molecule has 0 aromatic carbocycles. The Hall–Kier alpha value is -1.96. The van der Waals surface area contributed by atoms with Gasteiger partial charge in [-0.2, -0.15) is 0 Å². The molecule has 2 N–H and O–H groups in total. The van der Waals surface area contributed by atoms with Crippen LogP contribution in [-0.2, 0) is 9.53 Å². The van der Waals surface area contributed by atoms with Gasteiger partial charge in [-0.3, -0.25) is 0 Å². The number of nitrogens with one attached hydrogen (secondary N) is 1. The van der Waals surface area contributed by atoms with Gasteiger partial charge in [-0.05, 0) is 27.7 Å². The molecule has 100 valence electrons. The minimum atomic E-state index is -1.30. The summed E-state index contributed by atoms with van der Waals surface area (Å²) in [5.74, 6) is 1.06. The monoisotopic (exact) mass is 253 g/mol. The van der Waals surface area contributed by atoms with E-state index in [2.05, 4.69) is 17.8 Å². The molecule has 0 aliphatic rings. The largest absolute Gasteiger partial charge is 0.480 e. The second-order valence-corrected chi connectivity index (χ2v) is 5.05. The number of carbonyl (C=O) groups excluding carboxylic acids is 1. The lowest BCUT2D eigenvalue weighted by Crippen LogP contribution is -2.51. The highest BCUT2D eigenvalue weighted by Gasteiger charge is 2.37. The van der Waals surface area contributed by atoms with Crippen molar-refractivity contribution in [1.82, 2.24) is 5.32 Å². The van der Waals surface area contributed by atoms with Gasteiger partial charge in [0.15, 0.2) is 0 Å². The molecule has 0 saturated heterocycles. The van der Waals surface area contributed by atoms with E-state index >= 15 is 0 Å². The average molecular weight is 253 g/mol. The van der Waals surface area contributed by atoms with Crippen LogP contribution in [0.25, 0.3) is 0 Å². The van der Waals surface area contributed by atoms with Crippen LogP contribution in [0.1, 0.15) is 27.7 Å². The van der Waals surface area contributed by atoms with Gasteiger partial charge in [0.25, 0.3) is 0 Å². The van der Waals surface area contributed by atoms with Gasteiger partial charge in [-0.25, -0.2) is 9.59 Å². The molecule has 0 bridgehead atoms. The fourth-order valence-electron chi connectivity index (χ4n) is 1.15. The summed E-state index contributed by atoms with van der Waals surface area (Å²) >= 11 is 0. The summed E-state index contributed by atoms with van der Waals surface area (Å²) in [6.07, 6.45) is 5.76. The van der Waals surface area contributed by atoms with Crippen molar-refractivity contribution < 1.29 is 19.4 Å². The van der Waals surface area contributed by atoms with E-state index in [1.165, 1.54) is 13.0 Å². The van der Waals surface area contributed by atoms with Crippen LogP contribution in [0.3, 0.4) is 0 Å². The van der Waals surface area contributed by atoms with Crippen molar-refractivity contribution in [3.8, 4) is 12.3 Å². The molecule has 2 atom stereocenters. The van der Waals surface area contributed by atoms with Gasteiger partial charge in [0, 0.05) is 0 Å². The maximum absolute atomic E-state index is 11.6. The SMILES string of the molecule is C#C[C@@](C)(C=C)[C@H](NC(=O)OC(C)(C)C)C(=O)O. The van der Waals surface area contributed by atoms with Crippen molar-refractivity contribution in [3.05, 3.63) is 12.7 Å². The maximum Gasteiger partial charge on any atom is 0.408 e. The number of hydrogen-bond acceptors (Lipinski definition) is 3. The van der Waals surface area contributed by atoms with E-state index in [1.54, 1.807) is 20.8 Å². The Kier molecular flexibility index (Phi) is 4.98. The van der Waals surface area contributed by atoms with Crippen LogP contribution in [0, 0.1) is 17.8 Å². The van der Waals surface area contributed by atoms with E-state index in [4.69, 9.17) is 16.3 Å². The van der Waals surface area contributed by atoms with Crippen LogP contribution < -0.4 is 5.32 Å². The molecule has 18 heavy (non-hydrogen) atoms. The third kappa shape index (κ3) is 4.50. The van der Waals surface area contributed by atoms with Gasteiger partial charge < -0.3 is 15.2 Å². The Labute approximate surface area is 107 Å². The first-order valence-corrected chi connectivity index (χ1v) is 5.39. The smallest absolute Gasteiger partial charge is 0.408 e. The minimum absolute atomic E-state index is 0.714. The number of carboxylic acid groups (broad SMARTS) is 1. The molecule has 0 aromatic heterocycles. The molecule has 0 aliphatic carbocycles. The molecule has 0 spiro atoms. The van der Waals surface area contributed by atoms with Gasteiger partial charge in [-0.1, -0.05) is 12.0 Å².